The zero-order valence-corrected chi connectivity index (χ0v) is 24.4. The summed E-state index contributed by atoms with van der Waals surface area (Å²) in [5.74, 6) is 0.756. The largest absolute Gasteiger partial charge is 0.418 e. The standard InChI is InChI=1S/C30H34F3N9O2/c1-3-24(43)41-15-14-39(18-21(41)9-10-34)27-22-16-35-42(23-8-4-6-19(2)25(23)30(31,32)33)28(44)26(22)36-29(37-27)40-13-12-38-11-5-7-20(38)17-40/h3-4,6,8,16,20-21,24,43H,1,5,7,9,11-15,17-18H2,2H3/t20-,21-,24?/m1/s1. The third-order valence-corrected chi connectivity index (χ3v) is 8.95. The number of halogens is 3. The van der Waals surface area contributed by atoms with E-state index in [4.69, 9.17) is 4.98 Å². The van der Waals surface area contributed by atoms with Crippen molar-refractivity contribution in [3.05, 3.63) is 58.5 Å². The van der Waals surface area contributed by atoms with Crippen LogP contribution in [0.4, 0.5) is 24.9 Å². The van der Waals surface area contributed by atoms with Gasteiger partial charge >= 0.3 is 6.18 Å². The van der Waals surface area contributed by atoms with Crippen LogP contribution in [0, 0.1) is 18.3 Å². The van der Waals surface area contributed by atoms with E-state index in [2.05, 4.69) is 27.6 Å². The predicted octanol–water partition coefficient (Wildman–Crippen LogP) is 2.70. The highest BCUT2D eigenvalue weighted by molar-refractivity contribution is 5.89. The van der Waals surface area contributed by atoms with E-state index in [1.54, 1.807) is 4.90 Å². The van der Waals surface area contributed by atoms with Crippen molar-refractivity contribution in [1.82, 2.24) is 29.5 Å². The summed E-state index contributed by atoms with van der Waals surface area (Å²) in [6, 6.07) is 6.20. The van der Waals surface area contributed by atoms with Gasteiger partial charge in [-0.15, -0.1) is 0 Å². The number of piperazine rings is 2. The molecule has 3 atom stereocenters. The number of aryl methyl sites for hydroxylation is 1. The molecule has 0 radical (unpaired) electrons. The second-order valence-electron chi connectivity index (χ2n) is 11.6. The van der Waals surface area contributed by atoms with Gasteiger partial charge in [0, 0.05) is 51.4 Å². The first-order valence-electron chi connectivity index (χ1n) is 14.7. The predicted molar refractivity (Wildman–Crippen MR) is 159 cm³/mol. The Hall–Kier alpha value is -4.06. The SMILES string of the molecule is C=CC(O)N1CCN(c2nc(N3CCN4CCC[C@@H]4C3)nc3c(=O)n(-c4cccc(C)c4C(F)(F)F)ncc23)C[C@H]1CC#N. The van der Waals surface area contributed by atoms with Crippen molar-refractivity contribution in [2.24, 2.45) is 0 Å². The summed E-state index contributed by atoms with van der Waals surface area (Å²) in [4.78, 5) is 31.8. The minimum absolute atomic E-state index is 0.0228. The Morgan fingerprint density at radius 1 is 1.16 bits per heavy atom. The van der Waals surface area contributed by atoms with Crippen LogP contribution in [0.25, 0.3) is 16.6 Å². The monoisotopic (exact) mass is 609 g/mol. The van der Waals surface area contributed by atoms with Gasteiger partial charge in [0.1, 0.15) is 17.6 Å². The smallest absolute Gasteiger partial charge is 0.375 e. The van der Waals surface area contributed by atoms with Gasteiger partial charge in [0.25, 0.3) is 5.56 Å². The molecule has 5 heterocycles. The number of aliphatic hydroxyl groups excluding tert-OH is 1. The molecule has 3 aliphatic rings. The number of anilines is 2. The quantitative estimate of drug-likeness (QED) is 0.418. The van der Waals surface area contributed by atoms with E-state index < -0.39 is 23.5 Å². The number of alkyl halides is 3. The molecule has 0 amide bonds. The third kappa shape index (κ3) is 5.40. The first-order valence-corrected chi connectivity index (χ1v) is 14.7. The van der Waals surface area contributed by atoms with Crippen LogP contribution >= 0.6 is 0 Å². The second kappa shape index (κ2) is 11.8. The lowest BCUT2D eigenvalue weighted by molar-refractivity contribution is -0.138. The van der Waals surface area contributed by atoms with Crippen LogP contribution in [-0.4, -0.2) is 98.8 Å². The molecular formula is C30H34F3N9O2. The van der Waals surface area contributed by atoms with Gasteiger partial charge in [-0.1, -0.05) is 18.7 Å². The minimum atomic E-state index is -4.70. The molecule has 3 saturated heterocycles. The Bertz CT molecular complexity index is 1670. The van der Waals surface area contributed by atoms with Crippen LogP contribution in [0.1, 0.15) is 30.4 Å². The maximum absolute atomic E-state index is 14.1. The summed E-state index contributed by atoms with van der Waals surface area (Å²) in [6.45, 7) is 9.33. The molecule has 0 spiro atoms. The number of fused-ring (bicyclic) bond motifs is 2. The highest BCUT2D eigenvalue weighted by atomic mass is 19.4. The maximum Gasteiger partial charge on any atom is 0.418 e. The lowest BCUT2D eigenvalue weighted by Crippen LogP contribution is -2.56. The molecule has 0 aliphatic carbocycles. The van der Waals surface area contributed by atoms with Gasteiger partial charge in [-0.2, -0.15) is 33.2 Å². The average Bonchev–Trinajstić information content (AvgIpc) is 3.48. The van der Waals surface area contributed by atoms with Crippen molar-refractivity contribution >= 4 is 22.7 Å². The van der Waals surface area contributed by atoms with Crippen LogP contribution in [0.2, 0.25) is 0 Å². The summed E-state index contributed by atoms with van der Waals surface area (Å²) in [6.07, 6.45) is -0.583. The summed E-state index contributed by atoms with van der Waals surface area (Å²) in [5, 5.41) is 24.5. The topological polar surface area (TPSA) is 118 Å². The van der Waals surface area contributed by atoms with Crippen molar-refractivity contribution in [3.8, 4) is 11.8 Å². The Balaban J connectivity index is 1.49. The van der Waals surface area contributed by atoms with Gasteiger partial charge in [-0.25, -0.2) is 4.98 Å². The molecule has 3 aromatic rings. The molecule has 3 fully saturated rings. The number of hydrogen-bond donors (Lipinski definition) is 1. The van der Waals surface area contributed by atoms with Crippen LogP contribution in [0.15, 0.2) is 41.8 Å². The van der Waals surface area contributed by atoms with Crippen molar-refractivity contribution < 1.29 is 18.3 Å². The highest BCUT2D eigenvalue weighted by Crippen LogP contribution is 2.36. The van der Waals surface area contributed by atoms with Gasteiger partial charge in [-0.3, -0.25) is 14.6 Å². The van der Waals surface area contributed by atoms with Crippen LogP contribution in [0.3, 0.4) is 0 Å². The van der Waals surface area contributed by atoms with Crippen molar-refractivity contribution in [3.63, 3.8) is 0 Å². The Kier molecular flexibility index (Phi) is 8.04. The van der Waals surface area contributed by atoms with Crippen LogP contribution in [0.5, 0.6) is 0 Å². The lowest BCUT2D eigenvalue weighted by Gasteiger charge is -2.43. The Labute approximate surface area is 252 Å². The van der Waals surface area contributed by atoms with Crippen LogP contribution < -0.4 is 15.4 Å². The summed E-state index contributed by atoms with van der Waals surface area (Å²) in [7, 11) is 0. The fourth-order valence-electron chi connectivity index (χ4n) is 6.75. The van der Waals surface area contributed by atoms with Gasteiger partial charge in [-0.05, 0) is 44.0 Å². The molecule has 232 valence electrons. The number of nitriles is 1. The molecule has 1 unspecified atom stereocenters. The van der Waals surface area contributed by atoms with Gasteiger partial charge in [0.2, 0.25) is 5.95 Å². The van der Waals surface area contributed by atoms with E-state index in [9.17, 15) is 28.3 Å². The number of aliphatic hydroxyl groups is 1. The number of rotatable bonds is 6. The van der Waals surface area contributed by atoms with E-state index in [1.807, 2.05) is 9.80 Å². The van der Waals surface area contributed by atoms with Crippen molar-refractivity contribution in [2.75, 3.05) is 55.6 Å². The molecule has 3 aliphatic heterocycles. The van der Waals surface area contributed by atoms with Crippen molar-refractivity contribution in [1.29, 1.82) is 5.26 Å². The molecule has 14 heteroatoms. The van der Waals surface area contributed by atoms with E-state index >= 15 is 0 Å². The normalized spacial score (nSPS) is 22.2. The zero-order chi connectivity index (χ0) is 31.2. The average molecular weight is 610 g/mol. The number of aromatic nitrogens is 4. The highest BCUT2D eigenvalue weighted by Gasteiger charge is 2.38. The molecule has 0 saturated carbocycles. The fourth-order valence-corrected chi connectivity index (χ4v) is 6.75. The zero-order valence-electron chi connectivity index (χ0n) is 24.4. The van der Waals surface area contributed by atoms with Crippen molar-refractivity contribution in [2.45, 2.75) is 50.7 Å². The number of nitrogens with zero attached hydrogens (tertiary/aromatic N) is 9. The lowest BCUT2D eigenvalue weighted by atomic mass is 10.1. The minimum Gasteiger partial charge on any atom is -0.375 e. The Morgan fingerprint density at radius 2 is 1.95 bits per heavy atom. The third-order valence-electron chi connectivity index (χ3n) is 8.95. The first-order chi connectivity index (χ1) is 21.1. The van der Waals surface area contributed by atoms with E-state index in [0.717, 1.165) is 30.6 Å². The van der Waals surface area contributed by atoms with E-state index in [0.29, 0.717) is 55.9 Å². The van der Waals surface area contributed by atoms with Gasteiger partial charge in [0.05, 0.1) is 35.3 Å². The molecule has 1 N–H and O–H groups in total. The van der Waals surface area contributed by atoms with E-state index in [-0.39, 0.29) is 29.2 Å². The van der Waals surface area contributed by atoms with E-state index in [1.165, 1.54) is 37.4 Å². The van der Waals surface area contributed by atoms with Gasteiger partial charge in [0.15, 0.2) is 0 Å². The summed E-state index contributed by atoms with van der Waals surface area (Å²) < 4.78 is 43.2. The molecule has 2 aromatic heterocycles. The second-order valence-corrected chi connectivity index (χ2v) is 11.6. The Morgan fingerprint density at radius 3 is 2.70 bits per heavy atom. The van der Waals surface area contributed by atoms with Crippen LogP contribution in [-0.2, 0) is 6.18 Å². The molecule has 1 aromatic carbocycles. The number of hydrogen-bond acceptors (Lipinski definition) is 10. The number of benzene rings is 1. The fraction of sp³-hybridized carbons (Fsp3) is 0.500. The molecule has 11 nitrogen and oxygen atoms in total. The first kappa shape index (κ1) is 30.0. The maximum atomic E-state index is 14.1. The molecular weight excluding hydrogens is 575 g/mol. The molecule has 44 heavy (non-hydrogen) atoms. The summed E-state index contributed by atoms with van der Waals surface area (Å²) >= 11 is 0. The summed E-state index contributed by atoms with van der Waals surface area (Å²) in [5.41, 5.74) is -2.14. The van der Waals surface area contributed by atoms with Gasteiger partial charge < -0.3 is 14.9 Å². The molecule has 0 bridgehead atoms. The molecule has 6 rings (SSSR count).